The van der Waals surface area contributed by atoms with E-state index in [4.69, 9.17) is 17.4 Å². The zero-order valence-corrected chi connectivity index (χ0v) is 11.8. The van der Waals surface area contributed by atoms with Crippen molar-refractivity contribution >= 4 is 43.7 Å². The minimum atomic E-state index is 0.0202. The number of hydrogen-bond donors (Lipinski definition) is 2. The number of nitrogens with two attached hydrogens (primary N) is 1. The predicted molar refractivity (Wildman–Crippen MR) is 80.3 cm³/mol. The van der Waals surface area contributed by atoms with Crippen molar-refractivity contribution in [1.29, 1.82) is 0 Å². The Balaban J connectivity index is 2.01. The number of nitrogens with one attached hydrogen (secondary N) is 1. The molecule has 1 atom stereocenters. The zero-order valence-electron chi connectivity index (χ0n) is 9.39. The lowest BCUT2D eigenvalue weighted by Crippen LogP contribution is -2.28. The van der Waals surface area contributed by atoms with Crippen LogP contribution in [0.5, 0.6) is 0 Å². The molecule has 2 aromatic heterocycles. The summed E-state index contributed by atoms with van der Waals surface area (Å²) >= 11 is 9.43. The van der Waals surface area contributed by atoms with Gasteiger partial charge in [0.05, 0.1) is 6.04 Å². The van der Waals surface area contributed by atoms with Gasteiger partial charge in [-0.2, -0.15) is 0 Å². The lowest BCUT2D eigenvalue weighted by molar-refractivity contribution is 0.647. The van der Waals surface area contributed by atoms with E-state index in [0.29, 0.717) is 0 Å². The zero-order chi connectivity index (χ0) is 12.5. The molecule has 3 N–H and O–H groups in total. The minimum absolute atomic E-state index is 0.0202. The van der Waals surface area contributed by atoms with Crippen LogP contribution in [0.4, 0.5) is 0 Å². The van der Waals surface area contributed by atoms with Crippen LogP contribution in [0, 0.1) is 0 Å². The molecule has 0 aliphatic rings. The quantitative estimate of drug-likeness (QED) is 0.562. The molecule has 0 radical (unpaired) electrons. The summed E-state index contributed by atoms with van der Waals surface area (Å²) in [4.78, 5) is 1.22. The SMILES string of the molecule is NNC(c1ccc(Cl)cc1)c1cc2sccc2s1. The van der Waals surface area contributed by atoms with E-state index in [1.807, 2.05) is 24.3 Å². The summed E-state index contributed by atoms with van der Waals surface area (Å²) in [7, 11) is 0. The smallest absolute Gasteiger partial charge is 0.0803 e. The molecule has 0 aliphatic carbocycles. The third-order valence-corrected chi connectivity index (χ3v) is 5.22. The van der Waals surface area contributed by atoms with Crippen molar-refractivity contribution in [3.63, 3.8) is 0 Å². The number of benzene rings is 1. The highest BCUT2D eigenvalue weighted by atomic mass is 35.5. The molecule has 3 aromatic rings. The van der Waals surface area contributed by atoms with Crippen LogP contribution in [0.2, 0.25) is 5.02 Å². The first-order valence-corrected chi connectivity index (χ1v) is 7.54. The van der Waals surface area contributed by atoms with Gasteiger partial charge in [-0.1, -0.05) is 23.7 Å². The van der Waals surface area contributed by atoms with Gasteiger partial charge in [-0.05, 0) is 35.2 Å². The van der Waals surface area contributed by atoms with Crippen molar-refractivity contribution in [3.05, 3.63) is 57.2 Å². The van der Waals surface area contributed by atoms with Crippen LogP contribution >= 0.6 is 34.3 Å². The first-order chi connectivity index (χ1) is 8.78. The number of rotatable bonds is 3. The first kappa shape index (κ1) is 12.1. The Hall–Kier alpha value is -0.910. The van der Waals surface area contributed by atoms with Crippen molar-refractivity contribution < 1.29 is 0 Å². The molecule has 0 aliphatic heterocycles. The Morgan fingerprint density at radius 2 is 1.89 bits per heavy atom. The second-order valence-corrected chi connectivity index (χ2v) is 6.45. The van der Waals surface area contributed by atoms with Gasteiger partial charge in [0.1, 0.15) is 0 Å². The standard InChI is InChI=1S/C13H11ClN2S2/c14-9-3-1-8(2-4-9)13(16-15)12-7-11-10(18-12)5-6-17-11/h1-7,13,16H,15H2. The number of thiophene rings is 2. The highest BCUT2D eigenvalue weighted by Gasteiger charge is 2.15. The summed E-state index contributed by atoms with van der Waals surface area (Å²) < 4.78 is 2.62. The average Bonchev–Trinajstić information content (AvgIpc) is 2.93. The molecule has 0 spiro atoms. The van der Waals surface area contributed by atoms with E-state index < -0.39 is 0 Å². The largest absolute Gasteiger partial charge is 0.271 e. The van der Waals surface area contributed by atoms with E-state index in [2.05, 4.69) is 22.9 Å². The van der Waals surface area contributed by atoms with Gasteiger partial charge in [-0.3, -0.25) is 5.84 Å². The predicted octanol–water partition coefficient (Wildman–Crippen LogP) is 4.17. The fourth-order valence-electron chi connectivity index (χ4n) is 1.92. The number of hydrazine groups is 1. The molecule has 1 aromatic carbocycles. The van der Waals surface area contributed by atoms with Crippen LogP contribution in [-0.4, -0.2) is 0 Å². The van der Waals surface area contributed by atoms with Gasteiger partial charge in [0.2, 0.25) is 0 Å². The molecule has 0 amide bonds. The van der Waals surface area contributed by atoms with E-state index in [0.717, 1.165) is 10.6 Å². The minimum Gasteiger partial charge on any atom is -0.271 e. The topological polar surface area (TPSA) is 38.0 Å². The van der Waals surface area contributed by atoms with Gasteiger partial charge < -0.3 is 0 Å². The molecule has 1 unspecified atom stereocenters. The summed E-state index contributed by atoms with van der Waals surface area (Å²) in [5, 5.41) is 2.85. The highest BCUT2D eigenvalue weighted by Crippen LogP contribution is 2.35. The van der Waals surface area contributed by atoms with Gasteiger partial charge in [0, 0.05) is 19.3 Å². The van der Waals surface area contributed by atoms with E-state index in [1.165, 1.54) is 14.3 Å². The van der Waals surface area contributed by atoms with Gasteiger partial charge in [0.15, 0.2) is 0 Å². The van der Waals surface area contributed by atoms with E-state index in [9.17, 15) is 0 Å². The van der Waals surface area contributed by atoms with E-state index in [-0.39, 0.29) is 6.04 Å². The molecular weight excluding hydrogens is 284 g/mol. The lowest BCUT2D eigenvalue weighted by Gasteiger charge is -2.14. The van der Waals surface area contributed by atoms with E-state index >= 15 is 0 Å². The Morgan fingerprint density at radius 3 is 2.56 bits per heavy atom. The van der Waals surface area contributed by atoms with Gasteiger partial charge in [-0.15, -0.1) is 22.7 Å². The van der Waals surface area contributed by atoms with Crippen molar-refractivity contribution in [3.8, 4) is 0 Å². The first-order valence-electron chi connectivity index (χ1n) is 5.46. The van der Waals surface area contributed by atoms with Crippen LogP contribution in [0.25, 0.3) is 9.40 Å². The second-order valence-electron chi connectivity index (χ2n) is 3.95. The average molecular weight is 295 g/mol. The fraction of sp³-hybridized carbons (Fsp3) is 0.0769. The molecule has 0 bridgehead atoms. The second kappa shape index (κ2) is 4.99. The van der Waals surface area contributed by atoms with Crippen LogP contribution in [0.1, 0.15) is 16.5 Å². The third-order valence-electron chi connectivity index (χ3n) is 2.81. The molecule has 18 heavy (non-hydrogen) atoms. The maximum absolute atomic E-state index is 5.90. The summed E-state index contributed by atoms with van der Waals surface area (Å²) in [6, 6.07) is 12.1. The third kappa shape index (κ3) is 2.18. The van der Waals surface area contributed by atoms with Gasteiger partial charge >= 0.3 is 0 Å². The molecule has 0 saturated carbocycles. The van der Waals surface area contributed by atoms with Crippen molar-refractivity contribution in [2.75, 3.05) is 0 Å². The summed E-state index contributed by atoms with van der Waals surface area (Å²) in [6.45, 7) is 0. The molecule has 0 fully saturated rings. The van der Waals surface area contributed by atoms with Crippen molar-refractivity contribution in [2.45, 2.75) is 6.04 Å². The van der Waals surface area contributed by atoms with Crippen LogP contribution in [-0.2, 0) is 0 Å². The van der Waals surface area contributed by atoms with Gasteiger partial charge in [0.25, 0.3) is 0 Å². The summed E-state index contributed by atoms with van der Waals surface area (Å²) in [5.74, 6) is 5.69. The molecule has 0 saturated heterocycles. The van der Waals surface area contributed by atoms with Crippen molar-refractivity contribution in [2.24, 2.45) is 5.84 Å². The molecule has 2 heterocycles. The highest BCUT2D eigenvalue weighted by molar-refractivity contribution is 7.27. The maximum atomic E-state index is 5.90. The van der Waals surface area contributed by atoms with E-state index in [1.54, 1.807) is 22.7 Å². The molecule has 5 heteroatoms. The molecule has 3 rings (SSSR count). The Bertz CT molecular complexity index is 628. The van der Waals surface area contributed by atoms with Crippen molar-refractivity contribution in [1.82, 2.24) is 5.43 Å². The molecule has 92 valence electrons. The lowest BCUT2D eigenvalue weighted by atomic mass is 10.1. The molecular formula is C13H11ClN2S2. The Kier molecular flexibility index (Phi) is 3.37. The maximum Gasteiger partial charge on any atom is 0.0803 e. The normalized spacial score (nSPS) is 13.0. The number of halogens is 1. The summed E-state index contributed by atoms with van der Waals surface area (Å²) in [6.07, 6.45) is 0. The Labute approximate surface area is 118 Å². The van der Waals surface area contributed by atoms with Crippen LogP contribution in [0.3, 0.4) is 0 Å². The van der Waals surface area contributed by atoms with Gasteiger partial charge in [-0.25, -0.2) is 5.43 Å². The number of fused-ring (bicyclic) bond motifs is 1. The monoisotopic (exact) mass is 294 g/mol. The van der Waals surface area contributed by atoms with Crippen LogP contribution < -0.4 is 11.3 Å². The number of hydrogen-bond acceptors (Lipinski definition) is 4. The fourth-order valence-corrected chi connectivity index (χ4v) is 4.26. The summed E-state index contributed by atoms with van der Waals surface area (Å²) in [5.41, 5.74) is 4.00. The molecule has 2 nitrogen and oxygen atoms in total. The Morgan fingerprint density at radius 1 is 1.11 bits per heavy atom. The van der Waals surface area contributed by atoms with Crippen LogP contribution in [0.15, 0.2) is 41.8 Å².